The smallest absolute Gasteiger partial charge is 0.380 e. The van der Waals surface area contributed by atoms with E-state index in [-0.39, 0.29) is 17.0 Å². The first-order chi connectivity index (χ1) is 20.0. The van der Waals surface area contributed by atoms with Gasteiger partial charge in [-0.3, -0.25) is 23.7 Å². The highest BCUT2D eigenvalue weighted by Gasteiger charge is 2.54. The summed E-state index contributed by atoms with van der Waals surface area (Å²) in [6, 6.07) is 14.0. The number of benzene rings is 2. The highest BCUT2D eigenvalue weighted by molar-refractivity contribution is 7.71. The SMILES string of the molecule is C[C@H](C[P@@](=O)(OC[C@H]1O[C@@H](n2ccc(=O)[nH]c2=S)C(C)(O)[C@H]1O)Oc1cccc2ccccc12)C(=O)OC1CCCC1. The van der Waals surface area contributed by atoms with Crippen molar-refractivity contribution in [2.75, 3.05) is 12.8 Å². The lowest BCUT2D eigenvalue weighted by Crippen LogP contribution is -2.44. The van der Waals surface area contributed by atoms with Crippen molar-refractivity contribution < 1.29 is 38.1 Å². The first-order valence-electron chi connectivity index (χ1n) is 14.0. The van der Waals surface area contributed by atoms with Crippen molar-refractivity contribution in [3.8, 4) is 5.75 Å². The van der Waals surface area contributed by atoms with E-state index in [1.807, 2.05) is 30.3 Å². The molecule has 1 aromatic heterocycles. The highest BCUT2D eigenvalue weighted by atomic mass is 32.1. The maximum absolute atomic E-state index is 14.3. The van der Waals surface area contributed by atoms with Crippen LogP contribution in [0, 0.1) is 10.7 Å². The Morgan fingerprint density at radius 1 is 1.21 bits per heavy atom. The van der Waals surface area contributed by atoms with Crippen LogP contribution in [0.5, 0.6) is 5.75 Å². The molecule has 1 aliphatic heterocycles. The molecule has 1 saturated heterocycles. The molecule has 6 atom stereocenters. The largest absolute Gasteiger partial charge is 0.462 e. The van der Waals surface area contributed by atoms with Gasteiger partial charge in [-0.15, -0.1) is 0 Å². The Morgan fingerprint density at radius 2 is 1.93 bits per heavy atom. The molecule has 226 valence electrons. The van der Waals surface area contributed by atoms with Gasteiger partial charge < -0.3 is 24.2 Å². The monoisotopic (exact) mass is 618 g/mol. The molecule has 0 spiro atoms. The van der Waals surface area contributed by atoms with Crippen LogP contribution >= 0.6 is 19.8 Å². The molecule has 2 aliphatic rings. The molecule has 2 fully saturated rings. The molecule has 0 amide bonds. The number of H-pyrrole nitrogens is 1. The van der Waals surface area contributed by atoms with Crippen molar-refractivity contribution >= 4 is 36.6 Å². The summed E-state index contributed by atoms with van der Waals surface area (Å²) in [6.07, 6.45) is 0.707. The lowest BCUT2D eigenvalue weighted by molar-refractivity contribution is -0.152. The summed E-state index contributed by atoms with van der Waals surface area (Å²) in [6.45, 7) is 2.54. The highest BCUT2D eigenvalue weighted by Crippen LogP contribution is 2.52. The zero-order valence-corrected chi connectivity index (χ0v) is 25.1. The summed E-state index contributed by atoms with van der Waals surface area (Å²) in [5.74, 6) is -0.985. The molecular formula is C29H35N2O9PS. The summed E-state index contributed by atoms with van der Waals surface area (Å²) >= 11 is 5.21. The lowest BCUT2D eigenvalue weighted by atomic mass is 9.96. The van der Waals surface area contributed by atoms with E-state index in [0.29, 0.717) is 11.1 Å². The van der Waals surface area contributed by atoms with Crippen molar-refractivity contribution in [1.29, 1.82) is 0 Å². The number of nitrogens with one attached hydrogen (secondary N) is 1. The molecule has 11 nitrogen and oxygen atoms in total. The van der Waals surface area contributed by atoms with Crippen molar-refractivity contribution in [2.45, 2.75) is 69.7 Å². The molecule has 1 aliphatic carbocycles. The molecule has 42 heavy (non-hydrogen) atoms. The average molecular weight is 619 g/mol. The molecule has 2 heterocycles. The minimum Gasteiger partial charge on any atom is -0.462 e. The van der Waals surface area contributed by atoms with E-state index >= 15 is 0 Å². The van der Waals surface area contributed by atoms with Crippen LogP contribution in [-0.4, -0.2) is 62.4 Å². The van der Waals surface area contributed by atoms with Gasteiger partial charge >= 0.3 is 13.6 Å². The van der Waals surface area contributed by atoms with E-state index < -0.39 is 55.7 Å². The fourth-order valence-electron chi connectivity index (χ4n) is 5.41. The van der Waals surface area contributed by atoms with Crippen LogP contribution in [0.4, 0.5) is 0 Å². The Bertz CT molecular complexity index is 1590. The lowest BCUT2D eigenvalue weighted by Gasteiger charge is -2.28. The summed E-state index contributed by atoms with van der Waals surface area (Å²) in [5, 5.41) is 23.7. The zero-order chi connectivity index (χ0) is 30.1. The van der Waals surface area contributed by atoms with E-state index in [0.717, 1.165) is 31.1 Å². The van der Waals surface area contributed by atoms with Gasteiger partial charge in [0.15, 0.2) is 11.0 Å². The van der Waals surface area contributed by atoms with E-state index in [1.165, 1.54) is 23.8 Å². The minimum absolute atomic E-state index is 0.0129. The quantitative estimate of drug-likeness (QED) is 0.169. The molecule has 0 radical (unpaired) electrons. The number of esters is 1. The number of ether oxygens (including phenoxy) is 2. The summed E-state index contributed by atoms with van der Waals surface area (Å²) < 4.78 is 39.2. The number of carbonyl (C=O) groups excluding carboxylic acids is 1. The first-order valence-corrected chi connectivity index (χ1v) is 16.1. The standard InChI is InChI=1S/C29H35N2O9PS/c1-18(26(34)38-20-10-4-5-11-20)17-41(36,40-22-13-7-9-19-8-3-6-12-21(19)22)37-16-23-25(33)29(2,35)27(39-23)31-15-14-24(32)30-28(31)42/h3,6-9,12-15,18,20,23,25,27,33,35H,4-5,10-11,16-17H2,1-2H3,(H,30,32,42)/t18-,23-,25+,27-,29?,41-/m1/s1. The number of aliphatic hydroxyl groups excluding tert-OH is 1. The number of aliphatic hydroxyl groups is 2. The Kier molecular flexibility index (Phi) is 9.03. The zero-order valence-electron chi connectivity index (χ0n) is 23.4. The van der Waals surface area contributed by atoms with Crippen LogP contribution in [0.25, 0.3) is 10.8 Å². The van der Waals surface area contributed by atoms with Crippen LogP contribution in [0.2, 0.25) is 0 Å². The maximum atomic E-state index is 14.3. The summed E-state index contributed by atoms with van der Waals surface area (Å²) in [7, 11) is -4.08. The average Bonchev–Trinajstić information content (AvgIpc) is 3.54. The van der Waals surface area contributed by atoms with Crippen LogP contribution in [0.15, 0.2) is 59.5 Å². The second kappa shape index (κ2) is 12.4. The van der Waals surface area contributed by atoms with E-state index in [1.54, 1.807) is 19.1 Å². The van der Waals surface area contributed by atoms with Crippen LogP contribution in [-0.2, 0) is 23.4 Å². The van der Waals surface area contributed by atoms with Gasteiger partial charge in [0.05, 0.1) is 18.7 Å². The number of rotatable bonds is 10. The van der Waals surface area contributed by atoms with Crippen molar-refractivity contribution in [3.05, 3.63) is 69.9 Å². The number of aromatic nitrogens is 2. The fraction of sp³-hybridized carbons (Fsp3) is 0.483. The number of nitrogens with zero attached hydrogens (tertiary/aromatic N) is 1. The topological polar surface area (TPSA) is 149 Å². The molecular weight excluding hydrogens is 583 g/mol. The molecule has 1 saturated carbocycles. The third-order valence-electron chi connectivity index (χ3n) is 7.77. The van der Waals surface area contributed by atoms with E-state index in [2.05, 4.69) is 4.98 Å². The number of carbonyl (C=O) groups is 1. The van der Waals surface area contributed by atoms with Crippen LogP contribution in [0.1, 0.15) is 45.8 Å². The van der Waals surface area contributed by atoms with Gasteiger partial charge in [-0.25, -0.2) is 4.57 Å². The fourth-order valence-corrected chi connectivity index (χ4v) is 7.56. The second-order valence-electron chi connectivity index (χ2n) is 11.1. The van der Waals surface area contributed by atoms with Gasteiger partial charge in [-0.2, -0.15) is 0 Å². The van der Waals surface area contributed by atoms with E-state index in [9.17, 15) is 24.4 Å². The Balaban J connectivity index is 1.38. The Hall–Kier alpha value is -2.86. The number of hydrogen-bond donors (Lipinski definition) is 3. The van der Waals surface area contributed by atoms with Crippen molar-refractivity contribution in [3.63, 3.8) is 0 Å². The van der Waals surface area contributed by atoms with Gasteiger partial charge in [-0.05, 0) is 56.3 Å². The Morgan fingerprint density at radius 3 is 2.67 bits per heavy atom. The van der Waals surface area contributed by atoms with Gasteiger partial charge in [0.25, 0.3) is 5.56 Å². The predicted molar refractivity (Wildman–Crippen MR) is 157 cm³/mol. The molecule has 3 N–H and O–H groups in total. The van der Waals surface area contributed by atoms with Crippen LogP contribution < -0.4 is 10.1 Å². The van der Waals surface area contributed by atoms with E-state index in [4.69, 9.17) is 30.7 Å². The van der Waals surface area contributed by atoms with Crippen molar-refractivity contribution in [2.24, 2.45) is 5.92 Å². The summed E-state index contributed by atoms with van der Waals surface area (Å²) in [4.78, 5) is 27.0. The van der Waals surface area contributed by atoms with Crippen LogP contribution in [0.3, 0.4) is 0 Å². The number of fused-ring (bicyclic) bond motifs is 1. The third kappa shape index (κ3) is 6.54. The molecule has 13 heteroatoms. The number of aromatic amines is 1. The third-order valence-corrected chi connectivity index (χ3v) is 10.1. The minimum atomic E-state index is -4.08. The molecule has 3 aromatic rings. The van der Waals surface area contributed by atoms with Gasteiger partial charge in [0.1, 0.15) is 29.7 Å². The van der Waals surface area contributed by atoms with Crippen molar-refractivity contribution in [1.82, 2.24) is 9.55 Å². The van der Waals surface area contributed by atoms with Gasteiger partial charge in [-0.1, -0.05) is 43.3 Å². The Labute approximate surface area is 247 Å². The van der Waals surface area contributed by atoms with Gasteiger partial charge in [0, 0.05) is 17.6 Å². The summed E-state index contributed by atoms with van der Waals surface area (Å²) in [5.41, 5.74) is -2.27. The molecule has 0 bridgehead atoms. The molecule has 1 unspecified atom stereocenters. The number of hydrogen-bond acceptors (Lipinski definition) is 10. The molecule has 5 rings (SSSR count). The normalized spacial score (nSPS) is 26.6. The second-order valence-corrected chi connectivity index (χ2v) is 13.5. The maximum Gasteiger partial charge on any atom is 0.380 e. The molecule has 2 aromatic carbocycles. The van der Waals surface area contributed by atoms with Gasteiger partial charge in [0.2, 0.25) is 0 Å². The first kappa shape index (κ1) is 30.6. The predicted octanol–water partition coefficient (Wildman–Crippen LogP) is 4.48.